The van der Waals surface area contributed by atoms with Gasteiger partial charge in [0.2, 0.25) is 0 Å². The van der Waals surface area contributed by atoms with E-state index in [1.54, 1.807) is 7.11 Å². The molecule has 104 valence electrons. The fraction of sp³-hybridized carbons (Fsp3) is 0.533. The molecular weight excluding hydrogens is 238 g/mol. The van der Waals surface area contributed by atoms with E-state index >= 15 is 0 Å². The quantitative estimate of drug-likeness (QED) is 0.900. The highest BCUT2D eigenvalue weighted by Gasteiger charge is 2.29. The van der Waals surface area contributed by atoms with Crippen molar-refractivity contribution in [2.24, 2.45) is 5.73 Å². The molecule has 2 rings (SSSR count). The summed E-state index contributed by atoms with van der Waals surface area (Å²) >= 11 is 0. The Kier molecular flexibility index (Phi) is 3.80. The van der Waals surface area contributed by atoms with Gasteiger partial charge in [0.05, 0.1) is 23.7 Å². The van der Waals surface area contributed by atoms with Crippen LogP contribution in [0.3, 0.4) is 0 Å². The first kappa shape index (κ1) is 13.9. The Hall–Kier alpha value is -1.55. The number of nitrogens with zero attached hydrogens (tertiary/aromatic N) is 2. The zero-order valence-corrected chi connectivity index (χ0v) is 12.2. The first-order valence-electron chi connectivity index (χ1n) is 6.93. The number of nitrogens with two attached hydrogens (primary N) is 1. The fourth-order valence-corrected chi connectivity index (χ4v) is 2.50. The zero-order chi connectivity index (χ0) is 14.0. The SMILES string of the molecule is CCn1c(C(N)(CC)CC)nc2cc(OC)ccc21. The second-order valence-electron chi connectivity index (χ2n) is 4.90. The van der Waals surface area contributed by atoms with Crippen LogP contribution in [0.5, 0.6) is 5.75 Å². The van der Waals surface area contributed by atoms with Gasteiger partial charge >= 0.3 is 0 Å². The molecule has 0 fully saturated rings. The van der Waals surface area contributed by atoms with Crippen LogP contribution in [-0.4, -0.2) is 16.7 Å². The summed E-state index contributed by atoms with van der Waals surface area (Å²) in [7, 11) is 1.67. The zero-order valence-electron chi connectivity index (χ0n) is 12.2. The molecule has 0 aliphatic heterocycles. The third-order valence-corrected chi connectivity index (χ3v) is 3.98. The van der Waals surface area contributed by atoms with Crippen molar-refractivity contribution in [3.05, 3.63) is 24.0 Å². The second kappa shape index (κ2) is 5.21. The highest BCUT2D eigenvalue weighted by Crippen LogP contribution is 2.30. The number of hydrogen-bond donors (Lipinski definition) is 1. The monoisotopic (exact) mass is 261 g/mol. The van der Waals surface area contributed by atoms with Crippen LogP contribution in [0.15, 0.2) is 18.2 Å². The van der Waals surface area contributed by atoms with Gasteiger partial charge in [0.15, 0.2) is 0 Å². The van der Waals surface area contributed by atoms with E-state index in [0.29, 0.717) is 0 Å². The van der Waals surface area contributed by atoms with Crippen molar-refractivity contribution >= 4 is 11.0 Å². The maximum absolute atomic E-state index is 6.51. The Morgan fingerprint density at radius 3 is 2.47 bits per heavy atom. The van der Waals surface area contributed by atoms with Crippen molar-refractivity contribution in [3.8, 4) is 5.75 Å². The number of rotatable bonds is 5. The minimum absolute atomic E-state index is 0.359. The van der Waals surface area contributed by atoms with E-state index in [4.69, 9.17) is 15.5 Å². The summed E-state index contributed by atoms with van der Waals surface area (Å²) in [6, 6.07) is 5.99. The Labute approximate surface area is 114 Å². The van der Waals surface area contributed by atoms with Gasteiger partial charge in [0.1, 0.15) is 11.6 Å². The number of imidazole rings is 1. The maximum atomic E-state index is 6.51. The number of ether oxygens (including phenoxy) is 1. The summed E-state index contributed by atoms with van der Waals surface area (Å²) in [5.41, 5.74) is 8.23. The molecule has 0 aliphatic rings. The van der Waals surface area contributed by atoms with E-state index in [9.17, 15) is 0 Å². The van der Waals surface area contributed by atoms with Crippen molar-refractivity contribution in [2.45, 2.75) is 45.7 Å². The molecule has 0 saturated carbocycles. The topological polar surface area (TPSA) is 53.1 Å². The molecule has 0 bridgehead atoms. The average Bonchev–Trinajstić information content (AvgIpc) is 2.84. The lowest BCUT2D eigenvalue weighted by atomic mass is 9.93. The summed E-state index contributed by atoms with van der Waals surface area (Å²) in [5.74, 6) is 1.80. The van der Waals surface area contributed by atoms with Crippen LogP contribution in [0.25, 0.3) is 11.0 Å². The van der Waals surface area contributed by atoms with Crippen LogP contribution in [0, 0.1) is 0 Å². The maximum Gasteiger partial charge on any atom is 0.130 e. The highest BCUT2D eigenvalue weighted by atomic mass is 16.5. The summed E-state index contributed by atoms with van der Waals surface area (Å²) in [6.07, 6.45) is 1.76. The molecule has 19 heavy (non-hydrogen) atoms. The van der Waals surface area contributed by atoms with E-state index in [0.717, 1.165) is 42.0 Å². The summed E-state index contributed by atoms with van der Waals surface area (Å²) in [5, 5.41) is 0. The molecule has 4 nitrogen and oxygen atoms in total. The normalized spacial score (nSPS) is 12.1. The number of aromatic nitrogens is 2. The second-order valence-corrected chi connectivity index (χ2v) is 4.90. The lowest BCUT2D eigenvalue weighted by molar-refractivity contribution is 0.373. The number of hydrogen-bond acceptors (Lipinski definition) is 3. The summed E-state index contributed by atoms with van der Waals surface area (Å²) < 4.78 is 7.47. The molecule has 0 spiro atoms. The van der Waals surface area contributed by atoms with Crippen molar-refractivity contribution in [2.75, 3.05) is 7.11 Å². The van der Waals surface area contributed by atoms with Crippen LogP contribution in [0.4, 0.5) is 0 Å². The van der Waals surface area contributed by atoms with E-state index < -0.39 is 0 Å². The smallest absolute Gasteiger partial charge is 0.130 e. The molecule has 0 amide bonds. The van der Waals surface area contributed by atoms with Gasteiger partial charge in [-0.2, -0.15) is 0 Å². The van der Waals surface area contributed by atoms with Crippen molar-refractivity contribution in [1.29, 1.82) is 0 Å². The van der Waals surface area contributed by atoms with Crippen LogP contribution in [0.2, 0.25) is 0 Å². The summed E-state index contributed by atoms with van der Waals surface area (Å²) in [4.78, 5) is 4.76. The van der Waals surface area contributed by atoms with Gasteiger partial charge in [-0.1, -0.05) is 13.8 Å². The van der Waals surface area contributed by atoms with E-state index in [1.165, 1.54) is 0 Å². The van der Waals surface area contributed by atoms with E-state index in [2.05, 4.69) is 31.4 Å². The number of aryl methyl sites for hydroxylation is 1. The Morgan fingerprint density at radius 1 is 1.26 bits per heavy atom. The Bertz CT molecular complexity index is 570. The first-order valence-corrected chi connectivity index (χ1v) is 6.93. The Morgan fingerprint density at radius 2 is 1.95 bits per heavy atom. The molecule has 1 aromatic carbocycles. The molecular formula is C15H23N3O. The molecule has 0 saturated heterocycles. The van der Waals surface area contributed by atoms with Crippen molar-refractivity contribution in [3.63, 3.8) is 0 Å². The van der Waals surface area contributed by atoms with Crippen LogP contribution < -0.4 is 10.5 Å². The third-order valence-electron chi connectivity index (χ3n) is 3.98. The van der Waals surface area contributed by atoms with Gasteiger partial charge < -0.3 is 15.0 Å². The van der Waals surface area contributed by atoms with Crippen LogP contribution in [0.1, 0.15) is 39.4 Å². The number of methoxy groups -OCH3 is 1. The molecule has 2 aromatic rings. The van der Waals surface area contributed by atoms with Gasteiger partial charge in [-0.3, -0.25) is 0 Å². The first-order chi connectivity index (χ1) is 9.09. The third kappa shape index (κ3) is 2.21. The molecule has 2 N–H and O–H groups in total. The van der Waals surface area contributed by atoms with Crippen LogP contribution >= 0.6 is 0 Å². The predicted octanol–water partition coefficient (Wildman–Crippen LogP) is 3.04. The predicted molar refractivity (Wildman–Crippen MR) is 78.4 cm³/mol. The minimum Gasteiger partial charge on any atom is -0.497 e. The van der Waals surface area contributed by atoms with Gasteiger partial charge in [-0.15, -0.1) is 0 Å². The molecule has 0 atom stereocenters. The molecule has 0 unspecified atom stereocenters. The van der Waals surface area contributed by atoms with Crippen molar-refractivity contribution < 1.29 is 4.74 Å². The molecule has 0 aliphatic carbocycles. The number of benzene rings is 1. The lowest BCUT2D eigenvalue weighted by Crippen LogP contribution is -2.38. The van der Waals surface area contributed by atoms with Gasteiger partial charge in [0.25, 0.3) is 0 Å². The highest BCUT2D eigenvalue weighted by molar-refractivity contribution is 5.78. The van der Waals surface area contributed by atoms with Crippen LogP contribution in [-0.2, 0) is 12.1 Å². The van der Waals surface area contributed by atoms with Gasteiger partial charge in [0, 0.05) is 12.6 Å². The standard InChI is InChI=1S/C15H23N3O/c1-5-15(16,6-2)14-17-12-10-11(19-4)8-9-13(12)18(14)7-3/h8-10H,5-7,16H2,1-4H3. The van der Waals surface area contributed by atoms with Gasteiger partial charge in [-0.05, 0) is 31.9 Å². The lowest BCUT2D eigenvalue weighted by Gasteiger charge is -2.26. The Balaban J connectivity index is 2.67. The average molecular weight is 261 g/mol. The summed E-state index contributed by atoms with van der Waals surface area (Å²) in [6.45, 7) is 7.23. The molecule has 0 radical (unpaired) electrons. The molecule has 4 heteroatoms. The minimum atomic E-state index is -0.359. The molecule has 1 heterocycles. The van der Waals surface area contributed by atoms with E-state index in [1.807, 2.05) is 12.1 Å². The molecule has 1 aromatic heterocycles. The number of fused-ring (bicyclic) bond motifs is 1. The fourth-order valence-electron chi connectivity index (χ4n) is 2.50. The van der Waals surface area contributed by atoms with Crippen molar-refractivity contribution in [1.82, 2.24) is 9.55 Å². The van der Waals surface area contributed by atoms with Gasteiger partial charge in [-0.25, -0.2) is 4.98 Å². The largest absolute Gasteiger partial charge is 0.497 e. The van der Waals surface area contributed by atoms with E-state index in [-0.39, 0.29) is 5.54 Å².